The molecule has 0 N–H and O–H groups in total. The molecule has 0 amide bonds. The molecule has 4 rings (SSSR count). The predicted octanol–water partition coefficient (Wildman–Crippen LogP) is 6.09. The van der Waals surface area contributed by atoms with Crippen LogP contribution in [0.15, 0.2) is 70.9 Å². The van der Waals surface area contributed by atoms with E-state index in [0.717, 1.165) is 42.0 Å². The topological polar surface area (TPSA) is 59.0 Å². The molecule has 2 atom stereocenters. The minimum absolute atomic E-state index is 0.130. The lowest BCUT2D eigenvalue weighted by Crippen LogP contribution is -2.44. The van der Waals surface area contributed by atoms with Gasteiger partial charge in [0.1, 0.15) is 12.4 Å². The van der Waals surface area contributed by atoms with Gasteiger partial charge in [0.05, 0.1) is 11.5 Å². The summed E-state index contributed by atoms with van der Waals surface area (Å²) in [5, 5.41) is 0. The average molecular weight is 473 g/mol. The van der Waals surface area contributed by atoms with E-state index in [-0.39, 0.29) is 23.7 Å². The zero-order valence-corrected chi connectivity index (χ0v) is 21.5. The van der Waals surface area contributed by atoms with Gasteiger partial charge in [-0.05, 0) is 55.9 Å². The summed E-state index contributed by atoms with van der Waals surface area (Å²) >= 11 is 0. The number of fused-ring (bicyclic) bond motifs is 1. The Hall–Kier alpha value is -3.21. The van der Waals surface area contributed by atoms with Gasteiger partial charge in [-0.1, -0.05) is 56.3 Å². The number of hydrogen-bond donors (Lipinski definition) is 0. The molecule has 5 nitrogen and oxygen atoms in total. The number of aliphatic imine (C=N–C) groups is 1. The first-order valence-corrected chi connectivity index (χ1v) is 12.6. The second-order valence-corrected chi connectivity index (χ2v) is 10.4. The number of rotatable bonds is 7. The van der Waals surface area contributed by atoms with Gasteiger partial charge >= 0.3 is 5.97 Å². The highest BCUT2D eigenvalue weighted by atomic mass is 16.5. The van der Waals surface area contributed by atoms with E-state index in [9.17, 15) is 9.59 Å². The second-order valence-electron chi connectivity index (χ2n) is 10.4. The van der Waals surface area contributed by atoms with E-state index in [1.807, 2.05) is 37.3 Å². The summed E-state index contributed by atoms with van der Waals surface area (Å²) < 4.78 is 5.76. The number of ketones is 1. The molecule has 2 aromatic carbocycles. The Morgan fingerprint density at radius 1 is 1.00 bits per heavy atom. The van der Waals surface area contributed by atoms with Crippen molar-refractivity contribution in [3.8, 4) is 0 Å². The molecule has 1 aliphatic carbocycles. The normalized spacial score (nSPS) is 21.3. The Morgan fingerprint density at radius 3 is 2.29 bits per heavy atom. The molecule has 1 heterocycles. The van der Waals surface area contributed by atoms with Gasteiger partial charge in [-0.2, -0.15) is 0 Å². The maximum atomic E-state index is 13.5. The second kappa shape index (κ2) is 10.2. The van der Waals surface area contributed by atoms with Crippen molar-refractivity contribution >= 4 is 23.2 Å². The summed E-state index contributed by atoms with van der Waals surface area (Å²) in [7, 11) is 0. The van der Waals surface area contributed by atoms with Gasteiger partial charge < -0.3 is 9.64 Å². The van der Waals surface area contributed by atoms with Crippen LogP contribution in [0.2, 0.25) is 0 Å². The van der Waals surface area contributed by atoms with Crippen LogP contribution in [0.1, 0.15) is 64.5 Å². The highest BCUT2D eigenvalue weighted by Gasteiger charge is 2.47. The average Bonchev–Trinajstić information content (AvgIpc) is 2.83. The van der Waals surface area contributed by atoms with Gasteiger partial charge in [0.2, 0.25) is 0 Å². The molecule has 2 aliphatic rings. The van der Waals surface area contributed by atoms with Gasteiger partial charge in [-0.15, -0.1) is 0 Å². The molecule has 1 aliphatic heterocycles. The Labute approximate surface area is 208 Å². The highest BCUT2D eigenvalue weighted by Crippen LogP contribution is 2.47. The third-order valence-corrected chi connectivity index (χ3v) is 7.18. The lowest BCUT2D eigenvalue weighted by Gasteiger charge is -2.41. The van der Waals surface area contributed by atoms with E-state index in [1.165, 1.54) is 0 Å². The Balaban J connectivity index is 1.73. The van der Waals surface area contributed by atoms with Crippen LogP contribution in [0.3, 0.4) is 0 Å². The first-order chi connectivity index (χ1) is 16.7. The summed E-state index contributed by atoms with van der Waals surface area (Å²) in [6, 6.07) is 18.0. The fourth-order valence-corrected chi connectivity index (χ4v) is 5.50. The van der Waals surface area contributed by atoms with Crippen LogP contribution >= 0.6 is 0 Å². The van der Waals surface area contributed by atoms with Crippen LogP contribution < -0.4 is 4.90 Å². The summed E-state index contributed by atoms with van der Waals surface area (Å²) in [5.74, 6) is -1.06. The Kier molecular flexibility index (Phi) is 7.25. The molecule has 2 aromatic rings. The van der Waals surface area contributed by atoms with E-state index in [4.69, 9.17) is 9.73 Å². The number of Topliss-reactive ketones (excluding diaryl/α,β-unsaturated/α-hetero) is 1. The monoisotopic (exact) mass is 472 g/mol. The molecular weight excluding hydrogens is 436 g/mol. The van der Waals surface area contributed by atoms with E-state index in [2.05, 4.69) is 56.9 Å². The van der Waals surface area contributed by atoms with Crippen LogP contribution in [0.5, 0.6) is 0 Å². The number of benzene rings is 2. The van der Waals surface area contributed by atoms with Gasteiger partial charge in [0, 0.05) is 42.5 Å². The minimum Gasteiger partial charge on any atom is -0.457 e. The van der Waals surface area contributed by atoms with Crippen molar-refractivity contribution in [2.24, 2.45) is 16.3 Å². The van der Waals surface area contributed by atoms with Crippen molar-refractivity contribution in [2.75, 3.05) is 18.0 Å². The quantitative estimate of drug-likeness (QED) is 0.457. The van der Waals surface area contributed by atoms with Crippen molar-refractivity contribution < 1.29 is 14.3 Å². The van der Waals surface area contributed by atoms with Crippen molar-refractivity contribution in [3.63, 3.8) is 0 Å². The fourth-order valence-electron chi connectivity index (χ4n) is 5.50. The van der Waals surface area contributed by atoms with Gasteiger partial charge in [0.15, 0.2) is 0 Å². The molecule has 0 radical (unpaired) electrons. The third kappa shape index (κ3) is 5.24. The molecule has 1 saturated carbocycles. The van der Waals surface area contributed by atoms with Gasteiger partial charge in [-0.3, -0.25) is 9.79 Å². The van der Waals surface area contributed by atoms with Crippen molar-refractivity contribution in [1.29, 1.82) is 0 Å². The number of anilines is 1. The van der Waals surface area contributed by atoms with Crippen LogP contribution in [-0.2, 0) is 20.9 Å². The lowest BCUT2D eigenvalue weighted by atomic mass is 9.63. The fraction of sp³-hybridized carbons (Fsp3) is 0.433. The zero-order chi connectivity index (χ0) is 25.2. The van der Waals surface area contributed by atoms with Crippen molar-refractivity contribution in [2.45, 2.75) is 60.0 Å². The molecule has 1 fully saturated rings. The highest BCUT2D eigenvalue weighted by molar-refractivity contribution is 6.12. The van der Waals surface area contributed by atoms with E-state index in [0.29, 0.717) is 17.7 Å². The van der Waals surface area contributed by atoms with Crippen molar-refractivity contribution in [3.05, 3.63) is 77.0 Å². The van der Waals surface area contributed by atoms with Gasteiger partial charge in [0.25, 0.3) is 0 Å². The molecule has 184 valence electrons. The summed E-state index contributed by atoms with van der Waals surface area (Å²) in [4.78, 5) is 34.1. The molecule has 5 heteroatoms. The van der Waals surface area contributed by atoms with Crippen LogP contribution in [0, 0.1) is 11.3 Å². The summed E-state index contributed by atoms with van der Waals surface area (Å²) in [6.45, 7) is 12.4. The van der Waals surface area contributed by atoms with Crippen LogP contribution in [-0.4, -0.2) is 30.6 Å². The smallest absolute Gasteiger partial charge is 0.336 e. The zero-order valence-electron chi connectivity index (χ0n) is 21.5. The number of carbonyl (C=O) groups is 2. The standard InChI is InChI=1S/C30H36N2O3/c1-6-32(7-2)23-15-13-22(14-16-23)27-26(29(34)35-19-21-11-9-8-10-12-21)20(3)31-24-17-30(4,5)18-25(33)28(24)27/h8-16,27-28H,6-7,17-19H2,1-5H3/t27-,28?/m0/s1. The first kappa shape index (κ1) is 24.9. The first-order valence-electron chi connectivity index (χ1n) is 12.6. The van der Waals surface area contributed by atoms with Gasteiger partial charge in [-0.25, -0.2) is 4.79 Å². The van der Waals surface area contributed by atoms with E-state index < -0.39 is 11.9 Å². The maximum Gasteiger partial charge on any atom is 0.336 e. The van der Waals surface area contributed by atoms with Crippen molar-refractivity contribution in [1.82, 2.24) is 0 Å². The maximum absolute atomic E-state index is 13.5. The number of esters is 1. The number of allylic oxidation sites excluding steroid dienone is 1. The summed E-state index contributed by atoms with van der Waals surface area (Å²) in [6.07, 6.45) is 1.23. The Bertz CT molecular complexity index is 1140. The molecular formula is C30H36N2O3. The Morgan fingerprint density at radius 2 is 1.66 bits per heavy atom. The van der Waals surface area contributed by atoms with Crippen LogP contribution in [0.25, 0.3) is 0 Å². The van der Waals surface area contributed by atoms with E-state index >= 15 is 0 Å². The largest absolute Gasteiger partial charge is 0.457 e. The van der Waals surface area contributed by atoms with Crippen LogP contribution in [0.4, 0.5) is 5.69 Å². The number of carbonyl (C=O) groups excluding carboxylic acids is 2. The molecule has 0 saturated heterocycles. The number of ether oxygens (including phenoxy) is 1. The molecule has 1 unspecified atom stereocenters. The molecule has 0 bridgehead atoms. The lowest BCUT2D eigenvalue weighted by molar-refractivity contribution is -0.140. The third-order valence-electron chi connectivity index (χ3n) is 7.18. The molecule has 0 spiro atoms. The predicted molar refractivity (Wildman–Crippen MR) is 141 cm³/mol. The number of nitrogens with zero attached hydrogens (tertiary/aromatic N) is 2. The molecule has 35 heavy (non-hydrogen) atoms. The summed E-state index contributed by atoms with van der Waals surface area (Å²) in [5.41, 5.74) is 4.92. The van der Waals surface area contributed by atoms with E-state index in [1.54, 1.807) is 0 Å². The SMILES string of the molecule is CCN(CC)c1ccc([C@H]2C(C(=O)OCc3ccccc3)=C(C)N=C3CC(C)(C)CC(=O)C32)cc1. The molecule has 0 aromatic heterocycles. The minimum atomic E-state index is -0.426. The number of hydrogen-bond acceptors (Lipinski definition) is 5.